The summed E-state index contributed by atoms with van der Waals surface area (Å²) in [5, 5.41) is 2.57. The first-order chi connectivity index (χ1) is 23.3. The number of para-hydroxylation sites is 1. The molecule has 222 valence electrons. The Balaban J connectivity index is 1.16. The Hall–Kier alpha value is -5.97. The van der Waals surface area contributed by atoms with Crippen LogP contribution in [0.1, 0.15) is 0 Å². The Morgan fingerprint density at radius 1 is 0.468 bits per heavy atom. The summed E-state index contributed by atoms with van der Waals surface area (Å²) in [4.78, 5) is 7.17. The first-order valence-electron chi connectivity index (χ1n) is 15.7. The summed E-state index contributed by atoms with van der Waals surface area (Å²) in [6.07, 6.45) is 0. The van der Waals surface area contributed by atoms with Crippen LogP contribution in [0, 0.1) is 0 Å². The van der Waals surface area contributed by atoms with Gasteiger partial charge in [0.2, 0.25) is 5.89 Å². The minimum absolute atomic E-state index is 0.631. The third-order valence-electron chi connectivity index (χ3n) is 8.73. The predicted octanol–water partition coefficient (Wildman–Crippen LogP) is 12.7. The summed E-state index contributed by atoms with van der Waals surface area (Å²) >= 11 is 1.85. The maximum absolute atomic E-state index is 6.36. The second-order valence-electron chi connectivity index (χ2n) is 11.6. The van der Waals surface area contributed by atoms with Crippen molar-refractivity contribution in [1.29, 1.82) is 0 Å². The van der Waals surface area contributed by atoms with E-state index in [9.17, 15) is 0 Å². The van der Waals surface area contributed by atoms with Gasteiger partial charge in [-0.25, -0.2) is 4.98 Å². The van der Waals surface area contributed by atoms with Crippen molar-refractivity contribution in [3.05, 3.63) is 170 Å². The van der Waals surface area contributed by atoms with Crippen LogP contribution in [0.2, 0.25) is 0 Å². The fourth-order valence-corrected chi connectivity index (χ4v) is 7.65. The molecule has 3 nitrogen and oxygen atoms in total. The van der Waals surface area contributed by atoms with E-state index in [1.807, 2.05) is 53.8 Å². The van der Waals surface area contributed by atoms with E-state index < -0.39 is 0 Å². The minimum atomic E-state index is 0.631. The molecular formula is C43H28N2OS. The van der Waals surface area contributed by atoms with Gasteiger partial charge in [0.05, 0.1) is 10.4 Å². The van der Waals surface area contributed by atoms with Gasteiger partial charge in [-0.2, -0.15) is 0 Å². The summed E-state index contributed by atoms with van der Waals surface area (Å²) in [5.41, 5.74) is 10.5. The molecule has 0 bridgehead atoms. The van der Waals surface area contributed by atoms with Gasteiger partial charge in [0.15, 0.2) is 5.58 Å². The van der Waals surface area contributed by atoms with E-state index in [4.69, 9.17) is 9.40 Å². The molecule has 0 aliphatic heterocycles. The molecule has 0 amide bonds. The van der Waals surface area contributed by atoms with Crippen molar-refractivity contribution in [2.24, 2.45) is 0 Å². The van der Waals surface area contributed by atoms with Crippen LogP contribution in [0.25, 0.3) is 65.0 Å². The highest BCUT2D eigenvalue weighted by Crippen LogP contribution is 2.45. The molecule has 4 heteroatoms. The lowest BCUT2D eigenvalue weighted by Gasteiger charge is -2.26. The highest BCUT2D eigenvalue weighted by molar-refractivity contribution is 7.26. The number of fused-ring (bicyclic) bond motifs is 4. The third kappa shape index (κ3) is 4.87. The fraction of sp³-hybridized carbons (Fsp3) is 0. The monoisotopic (exact) mass is 620 g/mol. The van der Waals surface area contributed by atoms with Gasteiger partial charge in [0.25, 0.3) is 0 Å². The van der Waals surface area contributed by atoms with Crippen LogP contribution >= 0.6 is 11.3 Å². The second kappa shape index (κ2) is 11.4. The Morgan fingerprint density at radius 2 is 1.06 bits per heavy atom. The average molecular weight is 621 g/mol. The molecule has 0 saturated carbocycles. The van der Waals surface area contributed by atoms with E-state index >= 15 is 0 Å². The molecular weight excluding hydrogens is 593 g/mol. The summed E-state index contributed by atoms with van der Waals surface area (Å²) in [6, 6.07) is 59.7. The van der Waals surface area contributed by atoms with Crippen molar-refractivity contribution >= 4 is 59.7 Å². The molecule has 2 heterocycles. The topological polar surface area (TPSA) is 29.3 Å². The molecule has 0 aliphatic rings. The van der Waals surface area contributed by atoms with Crippen LogP contribution in [0.5, 0.6) is 0 Å². The van der Waals surface area contributed by atoms with Crippen molar-refractivity contribution < 1.29 is 4.42 Å². The molecule has 0 N–H and O–H groups in total. The standard InChI is InChI=1S/C43H28N2OS/c1-3-11-29(12-4-1)30-21-25-33(26-22-30)45(39-19-10-17-37-36-15-7-8-20-40(36)47-42(37)39)34-27-23-31(24-28-34)35-16-9-18-38-41(35)46-43(44-38)32-13-5-2-6-14-32/h1-28H. The molecule has 9 aromatic rings. The van der Waals surface area contributed by atoms with Crippen LogP contribution in [-0.2, 0) is 0 Å². The first kappa shape index (κ1) is 27.3. The lowest BCUT2D eigenvalue weighted by Crippen LogP contribution is -2.10. The van der Waals surface area contributed by atoms with Gasteiger partial charge < -0.3 is 9.32 Å². The summed E-state index contributed by atoms with van der Waals surface area (Å²) in [5.74, 6) is 0.631. The molecule has 0 saturated heterocycles. The van der Waals surface area contributed by atoms with Gasteiger partial charge in [0.1, 0.15) is 5.52 Å². The second-order valence-corrected chi connectivity index (χ2v) is 12.6. The van der Waals surface area contributed by atoms with Gasteiger partial charge in [-0.05, 0) is 71.3 Å². The highest BCUT2D eigenvalue weighted by atomic mass is 32.1. The Bertz CT molecular complexity index is 2500. The van der Waals surface area contributed by atoms with Crippen molar-refractivity contribution in [3.8, 4) is 33.7 Å². The highest BCUT2D eigenvalue weighted by Gasteiger charge is 2.19. The number of aromatic nitrogens is 1. The van der Waals surface area contributed by atoms with Crippen LogP contribution in [0.15, 0.2) is 174 Å². The number of hydrogen-bond donors (Lipinski definition) is 0. The molecule has 47 heavy (non-hydrogen) atoms. The number of anilines is 3. The fourth-order valence-electron chi connectivity index (χ4n) is 6.44. The van der Waals surface area contributed by atoms with E-state index in [1.165, 1.54) is 31.3 Å². The zero-order valence-corrected chi connectivity index (χ0v) is 26.2. The van der Waals surface area contributed by atoms with Crippen LogP contribution in [-0.4, -0.2) is 4.98 Å². The van der Waals surface area contributed by atoms with E-state index in [0.717, 1.165) is 44.9 Å². The summed E-state index contributed by atoms with van der Waals surface area (Å²) in [6.45, 7) is 0. The number of hydrogen-bond acceptors (Lipinski definition) is 4. The SMILES string of the molecule is c1ccc(-c2ccc(N(c3ccc(-c4cccc5nc(-c6ccccc6)oc45)cc3)c3cccc4c3sc3ccccc34)cc2)cc1. The number of rotatable bonds is 6. The molecule has 0 fully saturated rings. The molecule has 2 aromatic heterocycles. The van der Waals surface area contributed by atoms with E-state index in [-0.39, 0.29) is 0 Å². The number of oxazole rings is 1. The van der Waals surface area contributed by atoms with Crippen LogP contribution in [0.3, 0.4) is 0 Å². The molecule has 0 aliphatic carbocycles. The van der Waals surface area contributed by atoms with Crippen molar-refractivity contribution in [1.82, 2.24) is 4.98 Å². The van der Waals surface area contributed by atoms with Gasteiger partial charge in [0, 0.05) is 38.0 Å². The molecule has 0 atom stereocenters. The number of nitrogens with zero attached hydrogens (tertiary/aromatic N) is 2. The normalized spacial score (nSPS) is 11.4. The largest absolute Gasteiger partial charge is 0.435 e. The van der Waals surface area contributed by atoms with Gasteiger partial charge in [-0.15, -0.1) is 11.3 Å². The van der Waals surface area contributed by atoms with Gasteiger partial charge in [-0.1, -0.05) is 115 Å². The van der Waals surface area contributed by atoms with Crippen molar-refractivity contribution in [3.63, 3.8) is 0 Å². The minimum Gasteiger partial charge on any atom is -0.435 e. The maximum Gasteiger partial charge on any atom is 0.227 e. The quantitative estimate of drug-likeness (QED) is 0.185. The zero-order chi connectivity index (χ0) is 31.2. The Morgan fingerprint density at radius 3 is 1.81 bits per heavy atom. The van der Waals surface area contributed by atoms with E-state index in [0.29, 0.717) is 5.89 Å². The van der Waals surface area contributed by atoms with Crippen molar-refractivity contribution in [2.75, 3.05) is 4.90 Å². The third-order valence-corrected chi connectivity index (χ3v) is 9.94. The first-order valence-corrected chi connectivity index (χ1v) is 16.5. The molecule has 0 radical (unpaired) electrons. The Kier molecular flexibility index (Phi) is 6.65. The molecule has 0 unspecified atom stereocenters. The maximum atomic E-state index is 6.36. The van der Waals surface area contributed by atoms with E-state index in [2.05, 4.69) is 132 Å². The number of thiophene rings is 1. The number of benzene rings is 7. The summed E-state index contributed by atoms with van der Waals surface area (Å²) in [7, 11) is 0. The molecule has 0 spiro atoms. The Labute approximate surface area is 276 Å². The zero-order valence-electron chi connectivity index (χ0n) is 25.4. The van der Waals surface area contributed by atoms with Gasteiger partial charge in [-0.3, -0.25) is 0 Å². The molecule has 7 aromatic carbocycles. The van der Waals surface area contributed by atoms with Gasteiger partial charge >= 0.3 is 0 Å². The lowest BCUT2D eigenvalue weighted by atomic mass is 10.0. The van der Waals surface area contributed by atoms with Crippen molar-refractivity contribution in [2.45, 2.75) is 0 Å². The van der Waals surface area contributed by atoms with Crippen LogP contribution < -0.4 is 4.90 Å². The lowest BCUT2D eigenvalue weighted by molar-refractivity contribution is 0.621. The summed E-state index contributed by atoms with van der Waals surface area (Å²) < 4.78 is 8.92. The van der Waals surface area contributed by atoms with E-state index in [1.54, 1.807) is 0 Å². The smallest absolute Gasteiger partial charge is 0.227 e. The van der Waals surface area contributed by atoms with Crippen LogP contribution in [0.4, 0.5) is 17.1 Å². The predicted molar refractivity (Wildman–Crippen MR) is 198 cm³/mol. The molecule has 9 rings (SSSR count). The average Bonchev–Trinajstić information content (AvgIpc) is 3.76.